The van der Waals surface area contributed by atoms with Crippen molar-refractivity contribution in [3.63, 3.8) is 0 Å². The largest absolute Gasteiger partial charge is 0.393 e. The Labute approximate surface area is 134 Å². The third-order valence-corrected chi connectivity index (χ3v) is 4.95. The van der Waals surface area contributed by atoms with E-state index in [9.17, 15) is 5.11 Å². The summed E-state index contributed by atoms with van der Waals surface area (Å²) >= 11 is 3.40. The molecule has 0 saturated heterocycles. The van der Waals surface area contributed by atoms with Gasteiger partial charge in [0.15, 0.2) is 0 Å². The molecule has 0 spiro atoms. The Morgan fingerprint density at radius 2 is 1.52 bits per heavy atom. The zero-order chi connectivity index (χ0) is 14.8. The summed E-state index contributed by atoms with van der Waals surface area (Å²) in [5.74, 6) is 1.03. The van der Waals surface area contributed by atoms with Gasteiger partial charge in [0.1, 0.15) is 5.44 Å². The van der Waals surface area contributed by atoms with Gasteiger partial charge in [0.05, 0.1) is 6.61 Å². The lowest BCUT2D eigenvalue weighted by molar-refractivity contribution is 0.0695. The second-order valence-electron chi connectivity index (χ2n) is 4.43. The molecule has 0 radical (unpaired) electrons. The first kappa shape index (κ1) is 16.4. The van der Waals surface area contributed by atoms with Crippen molar-refractivity contribution in [2.75, 3.05) is 19.0 Å². The average Bonchev–Trinajstić information content (AvgIpc) is 2.55. The summed E-state index contributed by atoms with van der Waals surface area (Å²) in [7, 11) is 0. The molecule has 0 bridgehead atoms. The van der Waals surface area contributed by atoms with Gasteiger partial charge in [-0.2, -0.15) is 0 Å². The van der Waals surface area contributed by atoms with Gasteiger partial charge in [-0.15, -0.1) is 11.8 Å². The Kier molecular flexibility index (Phi) is 7.75. The zero-order valence-corrected chi connectivity index (χ0v) is 13.5. The average molecular weight is 320 g/mol. The minimum absolute atomic E-state index is 0.0331. The molecule has 112 valence electrons. The van der Waals surface area contributed by atoms with E-state index in [1.165, 1.54) is 4.90 Å². The van der Waals surface area contributed by atoms with Crippen LogP contribution in [0.3, 0.4) is 0 Å². The molecule has 0 fully saturated rings. The fourth-order valence-electron chi connectivity index (χ4n) is 1.76. The van der Waals surface area contributed by atoms with E-state index in [-0.39, 0.29) is 12.0 Å². The summed E-state index contributed by atoms with van der Waals surface area (Å²) < 4.78 is 5.73. The highest BCUT2D eigenvalue weighted by Crippen LogP contribution is 2.24. The Balaban J connectivity index is 1.62. The Hall–Kier alpha value is -0.940. The molecule has 0 aromatic heterocycles. The first-order valence-corrected chi connectivity index (χ1v) is 8.87. The van der Waals surface area contributed by atoms with Crippen molar-refractivity contribution in [1.82, 2.24) is 0 Å². The molecule has 2 aromatic carbocycles. The van der Waals surface area contributed by atoms with E-state index < -0.39 is 0 Å². The van der Waals surface area contributed by atoms with Crippen LogP contribution in [0, 0.1) is 0 Å². The van der Waals surface area contributed by atoms with Crippen molar-refractivity contribution in [2.24, 2.45) is 0 Å². The number of aliphatic hydroxyl groups is 1. The number of thioether (sulfide) groups is 2. The quantitative estimate of drug-likeness (QED) is 0.424. The lowest BCUT2D eigenvalue weighted by Crippen LogP contribution is -2.14. The Morgan fingerprint density at radius 3 is 2.14 bits per heavy atom. The number of aliphatic hydroxyl groups excluding tert-OH is 1. The lowest BCUT2D eigenvalue weighted by Gasteiger charge is -2.14. The van der Waals surface area contributed by atoms with Gasteiger partial charge in [-0.3, -0.25) is 0 Å². The van der Waals surface area contributed by atoms with Crippen molar-refractivity contribution in [3.05, 3.63) is 60.7 Å². The van der Waals surface area contributed by atoms with E-state index in [2.05, 4.69) is 24.3 Å². The minimum Gasteiger partial charge on any atom is -0.393 e. The third kappa shape index (κ3) is 6.57. The van der Waals surface area contributed by atoms with E-state index >= 15 is 0 Å². The molecular formula is C17H20O2S2. The van der Waals surface area contributed by atoms with E-state index in [4.69, 9.17) is 4.74 Å². The molecule has 1 N–H and O–H groups in total. The number of hydrogen-bond acceptors (Lipinski definition) is 4. The molecule has 1 unspecified atom stereocenters. The maximum absolute atomic E-state index is 9.37. The van der Waals surface area contributed by atoms with Gasteiger partial charge in [-0.05, 0) is 30.7 Å². The fraction of sp³-hybridized carbons (Fsp3) is 0.294. The molecule has 0 amide bonds. The molecule has 21 heavy (non-hydrogen) atoms. The molecular weight excluding hydrogens is 300 g/mol. The number of benzene rings is 2. The third-order valence-electron chi connectivity index (χ3n) is 2.76. The molecule has 1 atom stereocenters. The van der Waals surface area contributed by atoms with Crippen molar-refractivity contribution < 1.29 is 9.84 Å². The number of rotatable bonds is 9. The van der Waals surface area contributed by atoms with E-state index in [0.717, 1.165) is 17.1 Å². The van der Waals surface area contributed by atoms with E-state index in [1.807, 2.05) is 48.2 Å². The van der Waals surface area contributed by atoms with Crippen molar-refractivity contribution >= 4 is 23.5 Å². The van der Waals surface area contributed by atoms with Crippen LogP contribution in [0.15, 0.2) is 70.5 Å². The smallest absolute Gasteiger partial charge is 0.130 e. The molecule has 0 saturated carbocycles. The minimum atomic E-state index is -0.186. The summed E-state index contributed by atoms with van der Waals surface area (Å²) in [5.41, 5.74) is -0.186. The van der Waals surface area contributed by atoms with Crippen LogP contribution < -0.4 is 0 Å². The number of hydrogen-bond donors (Lipinski definition) is 1. The van der Waals surface area contributed by atoms with Gasteiger partial charge in [0.25, 0.3) is 0 Å². The van der Waals surface area contributed by atoms with Crippen LogP contribution in [0.1, 0.15) is 6.42 Å². The van der Waals surface area contributed by atoms with Gasteiger partial charge >= 0.3 is 0 Å². The van der Waals surface area contributed by atoms with Crippen molar-refractivity contribution in [3.8, 4) is 0 Å². The number of ether oxygens (including phenoxy) is 1. The topological polar surface area (TPSA) is 29.5 Å². The van der Waals surface area contributed by atoms with Gasteiger partial charge in [-0.1, -0.05) is 48.2 Å². The summed E-state index contributed by atoms with van der Waals surface area (Å²) in [6.07, 6.45) is 0.978. The molecule has 0 aliphatic heterocycles. The molecule has 0 aliphatic rings. The predicted octanol–water partition coefficient (Wildman–Crippen LogP) is 4.30. The Bertz CT molecular complexity index is 491. The Morgan fingerprint density at radius 1 is 0.905 bits per heavy atom. The molecule has 0 aliphatic carbocycles. The molecule has 2 nitrogen and oxygen atoms in total. The summed E-state index contributed by atoms with van der Waals surface area (Å²) in [6.45, 7) is 0.705. The van der Waals surface area contributed by atoms with Crippen LogP contribution in [0.5, 0.6) is 0 Å². The van der Waals surface area contributed by atoms with Gasteiger partial charge in [-0.25, -0.2) is 0 Å². The molecule has 4 heteroatoms. The molecule has 0 heterocycles. The standard InChI is InChI=1S/C17H20O2S2/c18-14-17(21-16-10-5-2-6-11-16)19-12-7-13-20-15-8-3-1-4-9-15/h1-6,8-11,17-18H,7,12-14H2. The van der Waals surface area contributed by atoms with Crippen LogP contribution in [-0.2, 0) is 4.74 Å². The van der Waals surface area contributed by atoms with Gasteiger partial charge < -0.3 is 9.84 Å². The van der Waals surface area contributed by atoms with Crippen LogP contribution >= 0.6 is 23.5 Å². The summed E-state index contributed by atoms with van der Waals surface area (Å²) in [5, 5.41) is 9.37. The van der Waals surface area contributed by atoms with E-state index in [1.54, 1.807) is 11.8 Å². The van der Waals surface area contributed by atoms with Crippen molar-refractivity contribution in [2.45, 2.75) is 21.6 Å². The zero-order valence-electron chi connectivity index (χ0n) is 11.9. The van der Waals surface area contributed by atoms with E-state index in [0.29, 0.717) is 6.61 Å². The SMILES string of the molecule is OCC(OCCCSc1ccccc1)Sc1ccccc1. The highest BCUT2D eigenvalue weighted by atomic mass is 32.2. The predicted molar refractivity (Wildman–Crippen MR) is 90.9 cm³/mol. The first-order valence-electron chi connectivity index (χ1n) is 7.00. The summed E-state index contributed by atoms with van der Waals surface area (Å²) in [6, 6.07) is 20.4. The monoisotopic (exact) mass is 320 g/mol. The van der Waals surface area contributed by atoms with Crippen LogP contribution in [0.4, 0.5) is 0 Å². The van der Waals surface area contributed by atoms with Crippen molar-refractivity contribution in [1.29, 1.82) is 0 Å². The van der Waals surface area contributed by atoms with Crippen LogP contribution in [-0.4, -0.2) is 29.5 Å². The molecule has 2 aromatic rings. The maximum Gasteiger partial charge on any atom is 0.130 e. The second kappa shape index (κ2) is 9.90. The highest BCUT2D eigenvalue weighted by Gasteiger charge is 2.09. The van der Waals surface area contributed by atoms with Gasteiger partial charge in [0, 0.05) is 22.2 Å². The van der Waals surface area contributed by atoms with Crippen LogP contribution in [0.25, 0.3) is 0 Å². The highest BCUT2D eigenvalue weighted by molar-refractivity contribution is 7.99. The normalized spacial score (nSPS) is 12.2. The first-order chi connectivity index (χ1) is 10.4. The van der Waals surface area contributed by atoms with Crippen LogP contribution in [0.2, 0.25) is 0 Å². The maximum atomic E-state index is 9.37. The lowest BCUT2D eigenvalue weighted by atomic mass is 10.4. The fourth-order valence-corrected chi connectivity index (χ4v) is 3.46. The molecule has 2 rings (SSSR count). The van der Waals surface area contributed by atoms with Gasteiger partial charge in [0.2, 0.25) is 0 Å². The summed E-state index contributed by atoms with van der Waals surface area (Å²) in [4.78, 5) is 2.41. The second-order valence-corrected chi connectivity index (χ2v) is 6.83.